The number of amides is 2. The highest BCUT2D eigenvalue weighted by Crippen LogP contribution is 2.17. The van der Waals surface area contributed by atoms with Gasteiger partial charge >= 0.3 is 0 Å². The molecular formula is C19H29N3O2. The fraction of sp³-hybridized carbons (Fsp3) is 0.579. The maximum Gasteiger partial charge on any atom is 0.226 e. The lowest BCUT2D eigenvalue weighted by Gasteiger charge is -2.35. The van der Waals surface area contributed by atoms with Crippen LogP contribution in [0.4, 0.5) is 5.69 Å². The van der Waals surface area contributed by atoms with Gasteiger partial charge in [0.25, 0.3) is 0 Å². The van der Waals surface area contributed by atoms with Crippen LogP contribution in [0, 0.1) is 0 Å². The number of para-hydroxylation sites is 1. The topological polar surface area (TPSA) is 43.9 Å². The van der Waals surface area contributed by atoms with Crippen LogP contribution >= 0.6 is 0 Å². The summed E-state index contributed by atoms with van der Waals surface area (Å²) in [4.78, 5) is 30.4. The fourth-order valence-corrected chi connectivity index (χ4v) is 3.12. The number of carbonyl (C=O) groups is 2. The van der Waals surface area contributed by atoms with Crippen LogP contribution in [-0.2, 0) is 9.59 Å². The molecule has 1 aromatic carbocycles. The number of hydrogen-bond acceptors (Lipinski definition) is 3. The smallest absolute Gasteiger partial charge is 0.226 e. The van der Waals surface area contributed by atoms with E-state index in [-0.39, 0.29) is 11.8 Å². The van der Waals surface area contributed by atoms with Gasteiger partial charge < -0.3 is 14.7 Å². The zero-order valence-electron chi connectivity index (χ0n) is 15.1. The van der Waals surface area contributed by atoms with Crippen molar-refractivity contribution in [2.24, 2.45) is 0 Å². The van der Waals surface area contributed by atoms with E-state index >= 15 is 0 Å². The van der Waals surface area contributed by atoms with Gasteiger partial charge in [0, 0.05) is 38.7 Å². The molecule has 5 nitrogen and oxygen atoms in total. The third-order valence-electron chi connectivity index (χ3n) is 4.93. The number of rotatable bonds is 6. The van der Waals surface area contributed by atoms with E-state index in [1.807, 2.05) is 42.3 Å². The molecule has 1 fully saturated rings. The molecule has 0 radical (unpaired) electrons. The third-order valence-corrected chi connectivity index (χ3v) is 4.93. The van der Waals surface area contributed by atoms with E-state index in [1.165, 1.54) is 0 Å². The maximum atomic E-state index is 12.3. The molecule has 0 saturated carbocycles. The number of hydrogen-bond donors (Lipinski definition) is 0. The molecular weight excluding hydrogens is 302 g/mol. The fourth-order valence-electron chi connectivity index (χ4n) is 3.12. The van der Waals surface area contributed by atoms with Crippen molar-refractivity contribution in [3.05, 3.63) is 30.3 Å². The zero-order chi connectivity index (χ0) is 17.5. The van der Waals surface area contributed by atoms with Crippen LogP contribution in [0.5, 0.6) is 0 Å². The quantitative estimate of drug-likeness (QED) is 0.804. The van der Waals surface area contributed by atoms with Crippen LogP contribution < -0.4 is 4.90 Å². The largest absolute Gasteiger partial charge is 0.343 e. The Morgan fingerprint density at radius 2 is 1.62 bits per heavy atom. The molecule has 0 atom stereocenters. The van der Waals surface area contributed by atoms with E-state index in [4.69, 9.17) is 0 Å². The van der Waals surface area contributed by atoms with E-state index in [9.17, 15) is 9.59 Å². The van der Waals surface area contributed by atoms with Crippen molar-refractivity contribution in [3.63, 3.8) is 0 Å². The molecule has 0 N–H and O–H groups in total. The molecule has 1 aliphatic heterocycles. The Bertz CT molecular complexity index is 539. The molecule has 24 heavy (non-hydrogen) atoms. The molecule has 1 aromatic rings. The lowest BCUT2D eigenvalue weighted by molar-refractivity contribution is -0.133. The van der Waals surface area contributed by atoms with Crippen LogP contribution in [0.2, 0.25) is 0 Å². The number of anilines is 1. The zero-order valence-corrected chi connectivity index (χ0v) is 15.1. The van der Waals surface area contributed by atoms with Crippen molar-refractivity contribution in [2.75, 3.05) is 39.1 Å². The number of likely N-dealkylation sites (tertiary alicyclic amines) is 1. The van der Waals surface area contributed by atoms with Crippen molar-refractivity contribution >= 4 is 17.5 Å². The summed E-state index contributed by atoms with van der Waals surface area (Å²) in [7, 11) is 5.80. The Morgan fingerprint density at radius 3 is 2.25 bits per heavy atom. The van der Waals surface area contributed by atoms with Gasteiger partial charge in [-0.1, -0.05) is 18.2 Å². The first-order valence-corrected chi connectivity index (χ1v) is 8.75. The highest BCUT2D eigenvalue weighted by Gasteiger charge is 2.23. The lowest BCUT2D eigenvalue weighted by atomic mass is 10.0. The van der Waals surface area contributed by atoms with Gasteiger partial charge in [-0.05, 0) is 51.5 Å². The van der Waals surface area contributed by atoms with Gasteiger partial charge in [0.2, 0.25) is 11.8 Å². The normalized spacial score (nSPS) is 16.0. The minimum Gasteiger partial charge on any atom is -0.343 e. The number of carbonyl (C=O) groups excluding carboxylic acids is 2. The second-order valence-electron chi connectivity index (χ2n) is 6.68. The van der Waals surface area contributed by atoms with Crippen molar-refractivity contribution in [3.8, 4) is 0 Å². The van der Waals surface area contributed by atoms with Crippen molar-refractivity contribution < 1.29 is 9.59 Å². The average molecular weight is 331 g/mol. The van der Waals surface area contributed by atoms with Gasteiger partial charge in [0.15, 0.2) is 0 Å². The van der Waals surface area contributed by atoms with Crippen molar-refractivity contribution in [1.82, 2.24) is 9.80 Å². The minimum atomic E-state index is 0.0518. The van der Waals surface area contributed by atoms with Gasteiger partial charge in [-0.25, -0.2) is 0 Å². The molecule has 0 aromatic heterocycles. The number of nitrogens with zero attached hydrogens (tertiary/aromatic N) is 3. The average Bonchev–Trinajstić information content (AvgIpc) is 2.61. The molecule has 5 heteroatoms. The molecule has 2 rings (SSSR count). The van der Waals surface area contributed by atoms with Crippen LogP contribution in [-0.4, -0.2) is 61.9 Å². The summed E-state index contributed by atoms with van der Waals surface area (Å²) in [5.41, 5.74) is 0.886. The van der Waals surface area contributed by atoms with E-state index in [0.717, 1.165) is 31.6 Å². The van der Waals surface area contributed by atoms with Gasteiger partial charge in [-0.3, -0.25) is 9.59 Å². The first-order chi connectivity index (χ1) is 11.5. The summed E-state index contributed by atoms with van der Waals surface area (Å²) in [5, 5.41) is 0. The van der Waals surface area contributed by atoms with Crippen LogP contribution in [0.25, 0.3) is 0 Å². The Hall–Kier alpha value is -1.88. The number of piperidine rings is 1. The van der Waals surface area contributed by atoms with E-state index in [1.54, 1.807) is 11.9 Å². The van der Waals surface area contributed by atoms with E-state index in [2.05, 4.69) is 11.9 Å². The second kappa shape index (κ2) is 8.83. The molecule has 0 aliphatic carbocycles. The molecule has 0 spiro atoms. The Labute approximate surface area is 145 Å². The first-order valence-electron chi connectivity index (χ1n) is 8.75. The molecule has 2 amide bonds. The predicted molar refractivity (Wildman–Crippen MR) is 97.0 cm³/mol. The molecule has 0 bridgehead atoms. The van der Waals surface area contributed by atoms with Crippen molar-refractivity contribution in [1.29, 1.82) is 0 Å². The monoisotopic (exact) mass is 331 g/mol. The molecule has 0 unspecified atom stereocenters. The SMILES string of the molecule is CN1CCC(N(C)C(=O)CCCC(=O)N(C)c2ccccc2)CC1. The minimum absolute atomic E-state index is 0.0518. The van der Waals surface area contributed by atoms with E-state index in [0.29, 0.717) is 25.3 Å². The van der Waals surface area contributed by atoms with Gasteiger partial charge in [0.1, 0.15) is 0 Å². The molecule has 1 heterocycles. The summed E-state index contributed by atoms with van der Waals surface area (Å²) in [6.45, 7) is 2.09. The Morgan fingerprint density at radius 1 is 1.04 bits per heavy atom. The summed E-state index contributed by atoms with van der Waals surface area (Å²) < 4.78 is 0. The molecule has 1 aliphatic rings. The lowest BCUT2D eigenvalue weighted by Crippen LogP contribution is -2.44. The Balaban J connectivity index is 1.73. The first kappa shape index (κ1) is 18.5. The predicted octanol–water partition coefficient (Wildman–Crippen LogP) is 2.37. The summed E-state index contributed by atoms with van der Waals surface area (Å²) in [6, 6.07) is 9.93. The number of benzene rings is 1. The summed E-state index contributed by atoms with van der Waals surface area (Å²) >= 11 is 0. The van der Waals surface area contributed by atoms with Gasteiger partial charge in [-0.2, -0.15) is 0 Å². The Kier molecular flexibility index (Phi) is 6.79. The highest BCUT2D eigenvalue weighted by molar-refractivity contribution is 5.93. The maximum absolute atomic E-state index is 12.3. The van der Waals surface area contributed by atoms with Gasteiger partial charge in [-0.15, -0.1) is 0 Å². The van der Waals surface area contributed by atoms with Crippen LogP contribution in [0.1, 0.15) is 32.1 Å². The highest BCUT2D eigenvalue weighted by atomic mass is 16.2. The van der Waals surface area contributed by atoms with E-state index < -0.39 is 0 Å². The summed E-state index contributed by atoms with van der Waals surface area (Å²) in [5.74, 6) is 0.204. The standard InChI is InChI=1S/C19H29N3O2/c1-20-14-12-17(13-15-20)22(3)19(24)11-7-10-18(23)21(2)16-8-5-4-6-9-16/h4-6,8-9,17H,7,10-15H2,1-3H3. The third kappa shape index (κ3) is 5.06. The summed E-state index contributed by atoms with van der Waals surface area (Å²) in [6.07, 6.45) is 3.52. The van der Waals surface area contributed by atoms with Crippen LogP contribution in [0.3, 0.4) is 0 Å². The van der Waals surface area contributed by atoms with Crippen LogP contribution in [0.15, 0.2) is 30.3 Å². The molecule has 132 valence electrons. The van der Waals surface area contributed by atoms with Gasteiger partial charge in [0.05, 0.1) is 0 Å². The van der Waals surface area contributed by atoms with Crippen molar-refractivity contribution in [2.45, 2.75) is 38.1 Å². The molecule has 1 saturated heterocycles. The second-order valence-corrected chi connectivity index (χ2v) is 6.68.